The lowest BCUT2D eigenvalue weighted by Gasteiger charge is -2.27. The highest BCUT2D eigenvalue weighted by Crippen LogP contribution is 2.33. The van der Waals surface area contributed by atoms with E-state index in [2.05, 4.69) is 10.6 Å². The number of carbonyl (C=O) groups is 5. The van der Waals surface area contributed by atoms with Crippen LogP contribution in [-0.4, -0.2) is 40.5 Å². The first-order valence-electron chi connectivity index (χ1n) is 13.7. The van der Waals surface area contributed by atoms with Crippen molar-refractivity contribution in [2.45, 2.75) is 51.1 Å². The number of amides is 4. The number of nitriles is 1. The molecular weight excluding hydrogens is 522 g/mol. The van der Waals surface area contributed by atoms with Gasteiger partial charge < -0.3 is 10.6 Å². The van der Waals surface area contributed by atoms with Crippen molar-refractivity contribution in [3.8, 4) is 6.07 Å². The summed E-state index contributed by atoms with van der Waals surface area (Å²) in [7, 11) is 0. The molecule has 0 spiro atoms. The average Bonchev–Trinajstić information content (AvgIpc) is 3.58. The van der Waals surface area contributed by atoms with Crippen LogP contribution in [0.3, 0.4) is 0 Å². The zero-order valence-corrected chi connectivity index (χ0v) is 22.8. The fraction of sp³-hybridized carbons (Fsp3) is 0.355. The number of carbonyl (C=O) groups excluding carboxylic acids is 5. The van der Waals surface area contributed by atoms with Crippen molar-refractivity contribution in [3.05, 3.63) is 77.4 Å². The van der Waals surface area contributed by atoms with E-state index < -0.39 is 53.3 Å². The van der Waals surface area contributed by atoms with Gasteiger partial charge in [-0.25, -0.2) is 10.9 Å². The molecule has 1 heterocycles. The van der Waals surface area contributed by atoms with Crippen LogP contribution in [0, 0.1) is 29.1 Å². The third-order valence-electron chi connectivity index (χ3n) is 7.81. The number of nitrogens with zero attached hydrogens (tertiary/aromatic N) is 2. The minimum absolute atomic E-state index is 0.146. The number of hydrogen-bond donors (Lipinski definition) is 3. The largest absolute Gasteiger partial charge is 0.346 e. The Balaban J connectivity index is 1.49. The Morgan fingerprint density at radius 2 is 1.68 bits per heavy atom. The number of benzene rings is 2. The highest BCUT2D eigenvalue weighted by Gasteiger charge is 2.51. The quantitative estimate of drug-likeness (QED) is 0.133. The molecule has 10 heteroatoms. The van der Waals surface area contributed by atoms with Gasteiger partial charge in [0.05, 0.1) is 36.1 Å². The van der Waals surface area contributed by atoms with Gasteiger partial charge in [-0.3, -0.25) is 24.0 Å². The molecule has 0 radical (unpaired) electrons. The van der Waals surface area contributed by atoms with Gasteiger partial charge in [-0.2, -0.15) is 5.26 Å². The van der Waals surface area contributed by atoms with E-state index in [-0.39, 0.29) is 12.3 Å². The molecule has 4 rings (SSSR count). The smallest absolute Gasteiger partial charge is 0.255 e. The summed E-state index contributed by atoms with van der Waals surface area (Å²) in [5, 5.41) is 15.2. The van der Waals surface area contributed by atoms with Gasteiger partial charge in [-0.15, -0.1) is 0 Å². The fourth-order valence-electron chi connectivity index (χ4n) is 5.52. The molecule has 2 fully saturated rings. The van der Waals surface area contributed by atoms with Gasteiger partial charge in [0, 0.05) is 6.08 Å². The molecule has 4 N–H and O–H groups in total. The number of hydrogen-bond acceptors (Lipinski definition) is 7. The molecule has 1 saturated heterocycles. The predicted molar refractivity (Wildman–Crippen MR) is 150 cm³/mol. The maximum absolute atomic E-state index is 13.6. The Hall–Kier alpha value is -4.62. The van der Waals surface area contributed by atoms with Crippen molar-refractivity contribution < 1.29 is 24.0 Å². The van der Waals surface area contributed by atoms with Gasteiger partial charge in [-0.1, -0.05) is 62.2 Å². The van der Waals surface area contributed by atoms with Gasteiger partial charge in [-0.05, 0) is 48.1 Å². The van der Waals surface area contributed by atoms with E-state index in [1.165, 1.54) is 13.0 Å². The summed E-state index contributed by atoms with van der Waals surface area (Å²) >= 11 is 0. The summed E-state index contributed by atoms with van der Waals surface area (Å²) < 4.78 is 0. The van der Waals surface area contributed by atoms with Crippen LogP contribution in [-0.2, 0) is 24.0 Å². The second kappa shape index (κ2) is 13.2. The number of Topliss-reactive ketones (excluding diaryl/α,β-unsaturated/α-hetero) is 1. The van der Waals surface area contributed by atoms with Crippen molar-refractivity contribution in [1.29, 1.82) is 5.26 Å². The van der Waals surface area contributed by atoms with Gasteiger partial charge in [0.25, 0.3) is 5.91 Å². The molecule has 0 unspecified atom stereocenters. The minimum atomic E-state index is -1.24. The van der Waals surface area contributed by atoms with E-state index in [4.69, 9.17) is 11.1 Å². The highest BCUT2D eigenvalue weighted by molar-refractivity contribution is 6.16. The molecule has 4 amide bonds. The number of rotatable bonds is 10. The van der Waals surface area contributed by atoms with Crippen LogP contribution >= 0.6 is 0 Å². The normalized spacial score (nSPS) is 20.6. The Kier molecular flexibility index (Phi) is 9.42. The number of ketones is 1. The van der Waals surface area contributed by atoms with Crippen molar-refractivity contribution in [1.82, 2.24) is 15.6 Å². The number of nitrogens with one attached hydrogen (secondary N) is 2. The zero-order chi connectivity index (χ0) is 29.5. The molecule has 4 atom stereocenters. The van der Waals surface area contributed by atoms with Gasteiger partial charge >= 0.3 is 0 Å². The van der Waals surface area contributed by atoms with E-state index in [0.717, 1.165) is 18.4 Å². The maximum atomic E-state index is 13.6. The van der Waals surface area contributed by atoms with Gasteiger partial charge in [0.1, 0.15) is 5.92 Å². The van der Waals surface area contributed by atoms with Crippen LogP contribution in [0.2, 0.25) is 0 Å². The first-order valence-corrected chi connectivity index (χ1v) is 13.7. The van der Waals surface area contributed by atoms with E-state index in [1.54, 1.807) is 54.6 Å². The minimum Gasteiger partial charge on any atom is -0.346 e. The SMILES string of the molecule is C[C@@H]1C(=O)N(N)C(=O)[C@H]1C(=O)[C@@H](NC(=O)C[C@H](NC(=O)C=Cc1ccc(C#N)cc1)c1ccccc1)C1CCCC1. The van der Waals surface area contributed by atoms with Gasteiger partial charge in [0.2, 0.25) is 17.7 Å². The third-order valence-corrected chi connectivity index (χ3v) is 7.81. The van der Waals surface area contributed by atoms with Crippen molar-refractivity contribution in [2.24, 2.45) is 23.6 Å². The van der Waals surface area contributed by atoms with Crippen LogP contribution in [0.15, 0.2) is 60.7 Å². The second-order valence-corrected chi connectivity index (χ2v) is 10.5. The zero-order valence-electron chi connectivity index (χ0n) is 22.8. The molecule has 10 nitrogen and oxygen atoms in total. The Labute approximate surface area is 238 Å². The lowest BCUT2D eigenvalue weighted by molar-refractivity contribution is -0.142. The molecule has 1 aliphatic heterocycles. The van der Waals surface area contributed by atoms with E-state index in [1.807, 2.05) is 12.1 Å². The number of hydrazine groups is 1. The molecule has 41 heavy (non-hydrogen) atoms. The third kappa shape index (κ3) is 6.94. The molecule has 2 aliphatic rings. The number of imide groups is 1. The monoisotopic (exact) mass is 555 g/mol. The van der Waals surface area contributed by atoms with E-state index >= 15 is 0 Å². The van der Waals surface area contributed by atoms with Gasteiger partial charge in [0.15, 0.2) is 5.78 Å². The van der Waals surface area contributed by atoms with Crippen molar-refractivity contribution in [3.63, 3.8) is 0 Å². The summed E-state index contributed by atoms with van der Waals surface area (Å²) in [4.78, 5) is 64.7. The predicted octanol–water partition coefficient (Wildman–Crippen LogP) is 2.56. The second-order valence-electron chi connectivity index (χ2n) is 10.5. The first-order chi connectivity index (χ1) is 19.7. The summed E-state index contributed by atoms with van der Waals surface area (Å²) in [6.07, 6.45) is 6.03. The van der Waals surface area contributed by atoms with Crippen LogP contribution in [0.5, 0.6) is 0 Å². The first kappa shape index (κ1) is 29.4. The molecule has 212 valence electrons. The number of nitrogens with two attached hydrogens (primary N) is 1. The molecule has 2 aromatic rings. The van der Waals surface area contributed by atoms with E-state index in [9.17, 15) is 24.0 Å². The lowest BCUT2D eigenvalue weighted by Crippen LogP contribution is -2.50. The lowest BCUT2D eigenvalue weighted by atomic mass is 9.83. The van der Waals surface area contributed by atoms with Crippen LogP contribution < -0.4 is 16.5 Å². The Bertz CT molecular complexity index is 1380. The van der Waals surface area contributed by atoms with Crippen LogP contribution in [0.25, 0.3) is 6.08 Å². The molecule has 0 aromatic heterocycles. The average molecular weight is 556 g/mol. The summed E-state index contributed by atoms with van der Waals surface area (Å²) in [5.74, 6) is 0.512. The topological polar surface area (TPSA) is 162 Å². The van der Waals surface area contributed by atoms with Crippen LogP contribution in [0.4, 0.5) is 0 Å². The highest BCUT2D eigenvalue weighted by atomic mass is 16.2. The fourth-order valence-corrected chi connectivity index (χ4v) is 5.52. The molecule has 0 bridgehead atoms. The van der Waals surface area contributed by atoms with E-state index in [0.29, 0.717) is 29.0 Å². The molecule has 2 aromatic carbocycles. The standard InChI is InChI=1S/C31H33N5O5/c1-19-27(31(41)36(33)30(19)40)29(39)28(23-9-5-6-10-23)35-26(38)17-24(22-7-3-2-4-8-22)34-25(37)16-15-20-11-13-21(18-32)14-12-20/h2-4,7-8,11-16,19,23-24,27-28H,5-6,9-10,17,33H2,1H3,(H,34,37)(H,35,38)/t19-,24-,27+,28-/m0/s1. The summed E-state index contributed by atoms with van der Waals surface area (Å²) in [6, 6.07) is 16.2. The maximum Gasteiger partial charge on any atom is 0.255 e. The Morgan fingerprint density at radius 1 is 1.02 bits per heavy atom. The van der Waals surface area contributed by atoms with Crippen molar-refractivity contribution in [2.75, 3.05) is 0 Å². The van der Waals surface area contributed by atoms with Crippen LogP contribution in [0.1, 0.15) is 61.8 Å². The Morgan fingerprint density at radius 3 is 2.27 bits per heavy atom. The van der Waals surface area contributed by atoms with Crippen molar-refractivity contribution >= 4 is 35.5 Å². The molecular formula is C31H33N5O5. The summed E-state index contributed by atoms with van der Waals surface area (Å²) in [5.41, 5.74) is 1.95. The summed E-state index contributed by atoms with van der Waals surface area (Å²) in [6.45, 7) is 1.50. The molecule has 1 aliphatic carbocycles. The molecule has 1 saturated carbocycles.